The van der Waals surface area contributed by atoms with E-state index in [9.17, 15) is 9.59 Å². The van der Waals surface area contributed by atoms with Crippen LogP contribution in [0.3, 0.4) is 0 Å². The first-order valence-corrected chi connectivity index (χ1v) is 9.15. The highest BCUT2D eigenvalue weighted by molar-refractivity contribution is 6.44. The molecule has 27 heavy (non-hydrogen) atoms. The Kier molecular flexibility index (Phi) is 5.78. The maximum atomic E-state index is 12.5. The van der Waals surface area contributed by atoms with Crippen molar-refractivity contribution in [3.05, 3.63) is 38.5 Å². The summed E-state index contributed by atoms with van der Waals surface area (Å²) in [5, 5.41) is 3.40. The summed E-state index contributed by atoms with van der Waals surface area (Å²) in [7, 11) is 1.26. The van der Waals surface area contributed by atoms with Crippen LogP contribution in [0.1, 0.15) is 33.1 Å². The summed E-state index contributed by atoms with van der Waals surface area (Å²) in [4.78, 5) is 36.9. The maximum Gasteiger partial charge on any atom is 0.356 e. The van der Waals surface area contributed by atoms with E-state index >= 15 is 0 Å². The minimum atomic E-state index is -0.599. The molecule has 1 atom stereocenters. The number of carbonyl (C=O) groups excluding carboxylic acids is 2. The molecule has 3 heterocycles. The Bertz CT molecular complexity index is 902. The Hall–Kier alpha value is -2.03. The van der Waals surface area contributed by atoms with Crippen molar-refractivity contribution in [2.24, 2.45) is 0 Å². The summed E-state index contributed by atoms with van der Waals surface area (Å²) in [6.45, 7) is 2.85. The van der Waals surface area contributed by atoms with Crippen molar-refractivity contribution in [1.82, 2.24) is 20.3 Å². The van der Waals surface area contributed by atoms with E-state index in [1.165, 1.54) is 13.2 Å². The number of aromatic nitrogens is 3. The van der Waals surface area contributed by atoms with E-state index in [4.69, 9.17) is 34.8 Å². The second-order valence-electron chi connectivity index (χ2n) is 6.03. The van der Waals surface area contributed by atoms with E-state index in [0.717, 1.165) is 0 Å². The lowest BCUT2D eigenvalue weighted by atomic mass is 10.2. The predicted molar refractivity (Wildman–Crippen MR) is 102 cm³/mol. The number of methoxy groups -OCH3 is 1. The highest BCUT2D eigenvalue weighted by atomic mass is 35.5. The average Bonchev–Trinajstić information content (AvgIpc) is 3.20. The van der Waals surface area contributed by atoms with Crippen molar-refractivity contribution in [2.75, 3.05) is 25.1 Å². The predicted octanol–water partition coefficient (Wildman–Crippen LogP) is 2.87. The zero-order valence-corrected chi connectivity index (χ0v) is 16.7. The van der Waals surface area contributed by atoms with Gasteiger partial charge in [0.1, 0.15) is 11.5 Å². The molecule has 1 saturated heterocycles. The van der Waals surface area contributed by atoms with Crippen LogP contribution in [-0.2, 0) is 4.74 Å². The highest BCUT2D eigenvalue weighted by Gasteiger charge is 2.28. The third-order valence-electron chi connectivity index (χ3n) is 4.21. The fraction of sp³-hybridized carbons (Fsp3) is 0.375. The van der Waals surface area contributed by atoms with Crippen LogP contribution in [0, 0.1) is 6.92 Å². The molecule has 0 bridgehead atoms. The summed E-state index contributed by atoms with van der Waals surface area (Å²) in [5.74, 6) is -0.444. The molecule has 11 heteroatoms. The fourth-order valence-electron chi connectivity index (χ4n) is 2.85. The van der Waals surface area contributed by atoms with E-state index in [0.29, 0.717) is 36.0 Å². The van der Waals surface area contributed by atoms with Crippen LogP contribution >= 0.6 is 34.8 Å². The number of carbonyl (C=O) groups is 2. The molecule has 2 N–H and O–H groups in total. The number of H-pyrrole nitrogens is 1. The molecule has 1 amide bonds. The van der Waals surface area contributed by atoms with E-state index in [1.54, 1.807) is 6.92 Å². The molecule has 1 fully saturated rings. The number of nitrogens with zero attached hydrogens (tertiary/aromatic N) is 3. The van der Waals surface area contributed by atoms with Gasteiger partial charge in [0.2, 0.25) is 5.28 Å². The second kappa shape index (κ2) is 7.92. The average molecular weight is 433 g/mol. The van der Waals surface area contributed by atoms with Gasteiger partial charge in [0.25, 0.3) is 5.91 Å². The minimum Gasteiger partial charge on any atom is -0.464 e. The van der Waals surface area contributed by atoms with E-state index in [2.05, 4.69) is 25.0 Å². The van der Waals surface area contributed by atoms with Gasteiger partial charge in [-0.1, -0.05) is 23.2 Å². The molecule has 8 nitrogen and oxygen atoms in total. The van der Waals surface area contributed by atoms with Crippen LogP contribution in [0.2, 0.25) is 15.3 Å². The van der Waals surface area contributed by atoms with Crippen LogP contribution in [0.5, 0.6) is 0 Å². The Morgan fingerprint density at radius 3 is 2.67 bits per heavy atom. The van der Waals surface area contributed by atoms with Crippen LogP contribution < -0.4 is 10.2 Å². The Balaban J connectivity index is 1.70. The molecule has 0 spiro atoms. The lowest BCUT2D eigenvalue weighted by Gasteiger charge is -2.18. The third-order valence-corrected chi connectivity index (χ3v) is 5.32. The topological polar surface area (TPSA) is 100 Å². The van der Waals surface area contributed by atoms with Crippen molar-refractivity contribution in [2.45, 2.75) is 19.4 Å². The number of ether oxygens (including phenoxy) is 1. The second-order valence-corrected chi connectivity index (χ2v) is 7.12. The fourth-order valence-corrected chi connectivity index (χ4v) is 3.44. The van der Waals surface area contributed by atoms with Crippen molar-refractivity contribution < 1.29 is 14.3 Å². The molecule has 144 valence electrons. The highest BCUT2D eigenvalue weighted by Crippen LogP contribution is 2.29. The summed E-state index contributed by atoms with van der Waals surface area (Å²) in [6.07, 6.45) is 0.686. The SMILES string of the molecule is COC(=O)c1cc(N2CC[C@H](NC(=O)c3[nH]c(C)c(Cl)c3Cl)C2)nc(Cl)n1. The van der Waals surface area contributed by atoms with Gasteiger partial charge in [0.05, 0.1) is 17.2 Å². The molecule has 0 unspecified atom stereocenters. The Labute approximate surface area is 170 Å². The first kappa shape index (κ1) is 19.7. The molecular formula is C16H16Cl3N5O3. The molecule has 1 aliphatic heterocycles. The quantitative estimate of drug-likeness (QED) is 0.569. The zero-order valence-electron chi connectivity index (χ0n) is 14.5. The van der Waals surface area contributed by atoms with Gasteiger partial charge < -0.3 is 19.9 Å². The lowest BCUT2D eigenvalue weighted by Crippen LogP contribution is -2.37. The molecular weight excluding hydrogens is 417 g/mol. The zero-order chi connectivity index (χ0) is 19.7. The molecule has 0 saturated carbocycles. The van der Waals surface area contributed by atoms with Crippen molar-refractivity contribution >= 4 is 52.5 Å². The van der Waals surface area contributed by atoms with Gasteiger partial charge in [-0.3, -0.25) is 4.79 Å². The van der Waals surface area contributed by atoms with Gasteiger partial charge in [-0.2, -0.15) is 0 Å². The van der Waals surface area contributed by atoms with Gasteiger partial charge in [0.15, 0.2) is 5.69 Å². The van der Waals surface area contributed by atoms with Crippen molar-refractivity contribution in [3.8, 4) is 0 Å². The van der Waals surface area contributed by atoms with Crippen LogP contribution in [-0.4, -0.2) is 53.1 Å². The van der Waals surface area contributed by atoms with Crippen LogP contribution in [0.4, 0.5) is 5.82 Å². The van der Waals surface area contributed by atoms with Crippen molar-refractivity contribution in [1.29, 1.82) is 0 Å². The monoisotopic (exact) mass is 431 g/mol. The number of esters is 1. The molecule has 3 rings (SSSR count). The van der Waals surface area contributed by atoms with Gasteiger partial charge in [-0.25, -0.2) is 14.8 Å². The first-order chi connectivity index (χ1) is 12.8. The number of hydrogen-bond donors (Lipinski definition) is 2. The number of halogens is 3. The number of aryl methyl sites for hydroxylation is 1. The first-order valence-electron chi connectivity index (χ1n) is 8.02. The minimum absolute atomic E-state index is 0.0522. The van der Waals surface area contributed by atoms with Crippen LogP contribution in [0.25, 0.3) is 0 Å². The number of hydrogen-bond acceptors (Lipinski definition) is 6. The molecule has 0 aromatic carbocycles. The summed E-state index contributed by atoms with van der Waals surface area (Å²) in [6, 6.07) is 1.37. The largest absolute Gasteiger partial charge is 0.464 e. The molecule has 0 aliphatic carbocycles. The van der Waals surface area contributed by atoms with Gasteiger partial charge >= 0.3 is 5.97 Å². The maximum absolute atomic E-state index is 12.5. The number of rotatable bonds is 4. The summed E-state index contributed by atoms with van der Waals surface area (Å²) < 4.78 is 4.66. The summed E-state index contributed by atoms with van der Waals surface area (Å²) in [5.41, 5.74) is 0.935. The number of anilines is 1. The molecule has 2 aromatic rings. The van der Waals surface area contributed by atoms with E-state index < -0.39 is 5.97 Å². The standard InChI is InChI=1S/C16H16Cl3N5O3/c1-7-11(17)12(18)13(20-7)14(25)21-8-3-4-24(6-8)10-5-9(15(26)27-2)22-16(19)23-10/h5,8,20H,3-4,6H2,1-2H3,(H,21,25)/t8-/m0/s1. The summed E-state index contributed by atoms with van der Waals surface area (Å²) >= 11 is 18.0. The smallest absolute Gasteiger partial charge is 0.356 e. The number of nitrogens with one attached hydrogen (secondary N) is 2. The molecule has 2 aromatic heterocycles. The molecule has 0 radical (unpaired) electrons. The Morgan fingerprint density at radius 1 is 1.30 bits per heavy atom. The van der Waals surface area contributed by atoms with Gasteiger partial charge in [-0.05, 0) is 24.9 Å². The van der Waals surface area contributed by atoms with E-state index in [1.807, 2.05) is 4.90 Å². The number of aromatic amines is 1. The normalized spacial score (nSPS) is 16.5. The van der Waals surface area contributed by atoms with E-state index in [-0.39, 0.29) is 33.6 Å². The lowest BCUT2D eigenvalue weighted by molar-refractivity contribution is 0.0593. The third kappa shape index (κ3) is 4.12. The van der Waals surface area contributed by atoms with Crippen LogP contribution in [0.15, 0.2) is 6.07 Å². The Morgan fingerprint density at radius 2 is 2.04 bits per heavy atom. The number of amides is 1. The van der Waals surface area contributed by atoms with Gasteiger partial charge in [-0.15, -0.1) is 0 Å². The van der Waals surface area contributed by atoms with Gasteiger partial charge in [0, 0.05) is 30.9 Å². The van der Waals surface area contributed by atoms with Crippen molar-refractivity contribution in [3.63, 3.8) is 0 Å². The molecule has 1 aliphatic rings.